The maximum absolute atomic E-state index is 11.6. The van der Waals surface area contributed by atoms with Crippen molar-refractivity contribution in [3.63, 3.8) is 0 Å². The molecule has 0 aliphatic carbocycles. The summed E-state index contributed by atoms with van der Waals surface area (Å²) in [4.78, 5) is 23.1. The maximum atomic E-state index is 11.6. The molecule has 0 aromatic carbocycles. The zero-order valence-electron chi connectivity index (χ0n) is 8.16. The first-order valence-corrected chi connectivity index (χ1v) is 5.10. The van der Waals surface area contributed by atoms with Crippen molar-refractivity contribution in [3.8, 4) is 0 Å². The predicted octanol–water partition coefficient (Wildman–Crippen LogP) is -0.654. The second-order valence-electron chi connectivity index (χ2n) is 3.67. The molecule has 5 heteroatoms. The fourth-order valence-electron chi connectivity index (χ4n) is 1.90. The maximum Gasteiger partial charge on any atom is 0.255 e. The Morgan fingerprint density at radius 3 is 2.50 bits per heavy atom. The largest absolute Gasteiger partial charge is 0.306 e. The van der Waals surface area contributed by atoms with E-state index in [9.17, 15) is 9.59 Å². The van der Waals surface area contributed by atoms with Crippen molar-refractivity contribution in [2.24, 2.45) is 0 Å². The summed E-state index contributed by atoms with van der Waals surface area (Å²) in [5.74, 6) is 0.0954. The summed E-state index contributed by atoms with van der Waals surface area (Å²) in [7, 11) is 0. The van der Waals surface area contributed by atoms with Crippen LogP contribution in [0.2, 0.25) is 0 Å². The van der Waals surface area contributed by atoms with E-state index < -0.39 is 0 Å². The van der Waals surface area contributed by atoms with Gasteiger partial charge < -0.3 is 5.32 Å². The van der Waals surface area contributed by atoms with E-state index in [2.05, 4.69) is 5.32 Å². The molecule has 78 valence electrons. The van der Waals surface area contributed by atoms with E-state index in [1.807, 2.05) is 0 Å². The summed E-state index contributed by atoms with van der Waals surface area (Å²) >= 11 is 0. The Balaban J connectivity index is 2.04. The SMILES string of the molecule is O=C1CCCCN1N1CCNCC1=O. The van der Waals surface area contributed by atoms with Gasteiger partial charge >= 0.3 is 0 Å². The van der Waals surface area contributed by atoms with Crippen LogP contribution in [-0.4, -0.2) is 48.0 Å². The Morgan fingerprint density at radius 1 is 1.00 bits per heavy atom. The van der Waals surface area contributed by atoms with Gasteiger partial charge in [0, 0.05) is 19.5 Å². The van der Waals surface area contributed by atoms with Gasteiger partial charge in [-0.05, 0) is 12.8 Å². The summed E-state index contributed by atoms with van der Waals surface area (Å²) < 4.78 is 0. The van der Waals surface area contributed by atoms with E-state index in [1.165, 1.54) is 0 Å². The van der Waals surface area contributed by atoms with E-state index in [1.54, 1.807) is 10.0 Å². The fraction of sp³-hybridized carbons (Fsp3) is 0.778. The van der Waals surface area contributed by atoms with Crippen LogP contribution in [0.4, 0.5) is 0 Å². The molecule has 0 saturated carbocycles. The molecule has 2 amide bonds. The Labute approximate surface area is 83.0 Å². The Hall–Kier alpha value is -1.10. The van der Waals surface area contributed by atoms with Gasteiger partial charge in [0.05, 0.1) is 13.1 Å². The number of nitrogens with one attached hydrogen (secondary N) is 1. The van der Waals surface area contributed by atoms with Gasteiger partial charge in [-0.3, -0.25) is 14.6 Å². The number of piperazine rings is 1. The monoisotopic (exact) mass is 197 g/mol. The predicted molar refractivity (Wildman–Crippen MR) is 50.1 cm³/mol. The second kappa shape index (κ2) is 3.96. The highest BCUT2D eigenvalue weighted by molar-refractivity contribution is 5.84. The van der Waals surface area contributed by atoms with Crippen molar-refractivity contribution < 1.29 is 9.59 Å². The lowest BCUT2D eigenvalue weighted by Crippen LogP contribution is -2.58. The average molecular weight is 197 g/mol. The lowest BCUT2D eigenvalue weighted by Gasteiger charge is -2.39. The zero-order chi connectivity index (χ0) is 9.97. The van der Waals surface area contributed by atoms with Crippen LogP contribution in [0.1, 0.15) is 19.3 Å². The third-order valence-corrected chi connectivity index (χ3v) is 2.65. The molecule has 0 aromatic rings. The Bertz CT molecular complexity index is 228. The van der Waals surface area contributed by atoms with Gasteiger partial charge in [-0.2, -0.15) is 0 Å². The van der Waals surface area contributed by atoms with Gasteiger partial charge in [-0.15, -0.1) is 0 Å². The lowest BCUT2D eigenvalue weighted by atomic mass is 10.1. The van der Waals surface area contributed by atoms with E-state index in [0.717, 1.165) is 19.4 Å². The fourth-order valence-corrected chi connectivity index (χ4v) is 1.90. The molecule has 2 rings (SSSR count). The minimum Gasteiger partial charge on any atom is -0.306 e. The Kier molecular flexibility index (Phi) is 2.67. The van der Waals surface area contributed by atoms with Crippen LogP contribution in [0.15, 0.2) is 0 Å². The molecule has 5 nitrogen and oxygen atoms in total. The molecule has 0 radical (unpaired) electrons. The van der Waals surface area contributed by atoms with E-state index in [4.69, 9.17) is 0 Å². The van der Waals surface area contributed by atoms with Gasteiger partial charge in [-0.1, -0.05) is 0 Å². The number of hydrazine groups is 1. The van der Waals surface area contributed by atoms with Crippen LogP contribution in [0.3, 0.4) is 0 Å². The number of nitrogens with zero attached hydrogens (tertiary/aromatic N) is 2. The van der Waals surface area contributed by atoms with Crippen LogP contribution in [-0.2, 0) is 9.59 Å². The van der Waals surface area contributed by atoms with Crippen molar-refractivity contribution in [2.75, 3.05) is 26.2 Å². The number of carbonyl (C=O) groups is 2. The first-order valence-electron chi connectivity index (χ1n) is 5.10. The highest BCUT2D eigenvalue weighted by Crippen LogP contribution is 2.13. The van der Waals surface area contributed by atoms with Crippen LogP contribution in [0.5, 0.6) is 0 Å². The lowest BCUT2D eigenvalue weighted by molar-refractivity contribution is -0.167. The third-order valence-electron chi connectivity index (χ3n) is 2.65. The molecular weight excluding hydrogens is 182 g/mol. The van der Waals surface area contributed by atoms with Crippen molar-refractivity contribution >= 4 is 11.8 Å². The highest BCUT2D eigenvalue weighted by atomic mass is 16.2. The molecule has 2 saturated heterocycles. The van der Waals surface area contributed by atoms with Gasteiger partial charge in [-0.25, -0.2) is 5.01 Å². The molecule has 1 N–H and O–H groups in total. The van der Waals surface area contributed by atoms with Crippen LogP contribution >= 0.6 is 0 Å². The standard InChI is InChI=1S/C9H15N3O2/c13-8-3-1-2-5-11(8)12-6-4-10-7-9(12)14/h10H,1-7H2. The van der Waals surface area contributed by atoms with E-state index in [-0.39, 0.29) is 11.8 Å². The Morgan fingerprint density at radius 2 is 1.79 bits per heavy atom. The first-order chi connectivity index (χ1) is 6.79. The van der Waals surface area contributed by atoms with Crippen LogP contribution < -0.4 is 5.32 Å². The molecule has 0 bridgehead atoms. The normalized spacial score (nSPS) is 24.3. The zero-order valence-corrected chi connectivity index (χ0v) is 8.16. The summed E-state index contributed by atoms with van der Waals surface area (Å²) in [6.07, 6.45) is 2.54. The third kappa shape index (κ3) is 1.72. The number of carbonyl (C=O) groups excluding carboxylic acids is 2. The summed E-state index contributed by atoms with van der Waals surface area (Å²) in [6.45, 7) is 2.44. The number of rotatable bonds is 1. The summed E-state index contributed by atoms with van der Waals surface area (Å²) in [6, 6.07) is 0. The quantitative estimate of drug-likeness (QED) is 0.607. The molecule has 2 aliphatic heterocycles. The van der Waals surface area contributed by atoms with Gasteiger partial charge in [0.15, 0.2) is 0 Å². The molecule has 2 fully saturated rings. The van der Waals surface area contributed by atoms with Crippen molar-refractivity contribution in [3.05, 3.63) is 0 Å². The number of amides is 2. The molecule has 2 aliphatic rings. The van der Waals surface area contributed by atoms with Crippen LogP contribution in [0, 0.1) is 0 Å². The number of hydrogen-bond donors (Lipinski definition) is 1. The molecule has 0 atom stereocenters. The topological polar surface area (TPSA) is 52.7 Å². The molecule has 0 spiro atoms. The van der Waals surface area contributed by atoms with Gasteiger partial charge in [0.2, 0.25) is 5.91 Å². The minimum absolute atomic E-state index is 0.00602. The number of piperidine rings is 1. The molecule has 2 heterocycles. The average Bonchev–Trinajstić information content (AvgIpc) is 2.20. The summed E-state index contributed by atoms with van der Waals surface area (Å²) in [5.41, 5.74) is 0. The first kappa shape index (κ1) is 9.45. The molecule has 0 unspecified atom stereocenters. The summed E-state index contributed by atoms with van der Waals surface area (Å²) in [5, 5.41) is 6.20. The van der Waals surface area contributed by atoms with Crippen molar-refractivity contribution in [2.45, 2.75) is 19.3 Å². The van der Waals surface area contributed by atoms with Crippen LogP contribution in [0.25, 0.3) is 0 Å². The highest BCUT2D eigenvalue weighted by Gasteiger charge is 2.29. The van der Waals surface area contributed by atoms with Crippen molar-refractivity contribution in [1.29, 1.82) is 0 Å². The van der Waals surface area contributed by atoms with Gasteiger partial charge in [0.1, 0.15) is 0 Å². The smallest absolute Gasteiger partial charge is 0.255 e. The molecule has 14 heavy (non-hydrogen) atoms. The van der Waals surface area contributed by atoms with Gasteiger partial charge in [0.25, 0.3) is 5.91 Å². The molecular formula is C9H15N3O2. The number of hydrogen-bond acceptors (Lipinski definition) is 3. The minimum atomic E-state index is 0.00602. The van der Waals surface area contributed by atoms with E-state index >= 15 is 0 Å². The molecule has 0 aromatic heterocycles. The second-order valence-corrected chi connectivity index (χ2v) is 3.67. The van der Waals surface area contributed by atoms with E-state index in [0.29, 0.717) is 26.1 Å². The van der Waals surface area contributed by atoms with Crippen molar-refractivity contribution in [1.82, 2.24) is 15.3 Å².